The van der Waals surface area contributed by atoms with Crippen LogP contribution in [0.25, 0.3) is 17.0 Å². The molecule has 0 aliphatic carbocycles. The molecule has 1 saturated heterocycles. The van der Waals surface area contributed by atoms with Gasteiger partial charge in [-0.05, 0) is 59.8 Å². The van der Waals surface area contributed by atoms with Crippen molar-refractivity contribution in [3.63, 3.8) is 0 Å². The van der Waals surface area contributed by atoms with Crippen LogP contribution in [0.2, 0.25) is 10.0 Å². The van der Waals surface area contributed by atoms with Crippen molar-refractivity contribution in [2.24, 2.45) is 0 Å². The first-order chi connectivity index (χ1) is 19.9. The first-order valence-electron chi connectivity index (χ1n) is 12.3. The predicted octanol–water partition coefficient (Wildman–Crippen LogP) is 7.70. The van der Waals surface area contributed by atoms with Crippen molar-refractivity contribution in [2.75, 3.05) is 19.0 Å². The summed E-state index contributed by atoms with van der Waals surface area (Å²) in [6.07, 6.45) is -1.25. The first kappa shape index (κ1) is 29.6. The highest BCUT2D eigenvalue weighted by Gasteiger charge is 2.37. The van der Waals surface area contributed by atoms with E-state index in [1.165, 1.54) is 7.11 Å². The quantitative estimate of drug-likeness (QED) is 0.211. The average Bonchev–Trinajstić information content (AvgIpc) is 3.41. The molecule has 13 heteroatoms. The number of carbonyl (C=O) groups excluding carboxylic acids is 3. The van der Waals surface area contributed by atoms with E-state index in [1.807, 2.05) is 41.1 Å². The zero-order valence-electron chi connectivity index (χ0n) is 21.7. The Morgan fingerprint density at radius 2 is 1.83 bits per heavy atom. The molecule has 0 atom stereocenters. The predicted molar refractivity (Wildman–Crippen MR) is 157 cm³/mol. The third kappa shape index (κ3) is 6.13. The molecule has 1 aliphatic heterocycles. The van der Waals surface area contributed by atoms with E-state index in [4.69, 9.17) is 27.9 Å². The number of alkyl halides is 3. The number of nitrogens with one attached hydrogen (secondary N) is 1. The number of thioether (sulfide) groups is 1. The SMILES string of the molecule is COc1ccc(C(F)(F)F)cc1NC(=O)CN1C(=O)S/C(=C\c2cn(Cc3ccc(Cl)cc3Cl)c3ccccc23)C1=O. The smallest absolute Gasteiger partial charge is 0.416 e. The Balaban J connectivity index is 1.37. The maximum absolute atomic E-state index is 13.2. The molecule has 216 valence electrons. The molecule has 1 aliphatic rings. The highest BCUT2D eigenvalue weighted by molar-refractivity contribution is 8.18. The van der Waals surface area contributed by atoms with Crippen LogP contribution in [0.4, 0.5) is 23.7 Å². The van der Waals surface area contributed by atoms with Crippen LogP contribution in [0, 0.1) is 0 Å². The van der Waals surface area contributed by atoms with E-state index >= 15 is 0 Å². The number of amides is 3. The van der Waals surface area contributed by atoms with Gasteiger partial charge in [0.25, 0.3) is 11.1 Å². The fourth-order valence-corrected chi connectivity index (χ4v) is 5.74. The average molecular weight is 634 g/mol. The molecule has 2 heterocycles. The number of rotatable bonds is 7. The van der Waals surface area contributed by atoms with Gasteiger partial charge >= 0.3 is 6.18 Å². The molecule has 3 aromatic carbocycles. The Bertz CT molecular complexity index is 1770. The van der Waals surface area contributed by atoms with Gasteiger partial charge in [-0.25, -0.2) is 0 Å². The van der Waals surface area contributed by atoms with Gasteiger partial charge in [0, 0.05) is 39.3 Å². The van der Waals surface area contributed by atoms with Crippen LogP contribution in [0.15, 0.2) is 71.8 Å². The largest absolute Gasteiger partial charge is 0.495 e. The van der Waals surface area contributed by atoms with Crippen molar-refractivity contribution < 1.29 is 32.3 Å². The molecule has 1 aromatic heterocycles. The number of fused-ring (bicyclic) bond motifs is 1. The molecule has 0 radical (unpaired) electrons. The number of imide groups is 1. The minimum absolute atomic E-state index is 0.0123. The first-order valence-corrected chi connectivity index (χ1v) is 13.8. The Hall–Kier alpha value is -3.93. The van der Waals surface area contributed by atoms with Gasteiger partial charge in [0.1, 0.15) is 12.3 Å². The molecule has 4 aromatic rings. The fourth-order valence-electron chi connectivity index (χ4n) is 4.45. The van der Waals surface area contributed by atoms with Crippen molar-refractivity contribution in [1.29, 1.82) is 0 Å². The minimum atomic E-state index is -4.65. The third-order valence-electron chi connectivity index (χ3n) is 6.44. The van der Waals surface area contributed by atoms with E-state index in [-0.39, 0.29) is 16.3 Å². The summed E-state index contributed by atoms with van der Waals surface area (Å²) >= 11 is 13.1. The molecule has 42 heavy (non-hydrogen) atoms. The minimum Gasteiger partial charge on any atom is -0.495 e. The summed E-state index contributed by atoms with van der Waals surface area (Å²) in [4.78, 5) is 39.4. The van der Waals surface area contributed by atoms with E-state index < -0.39 is 35.3 Å². The zero-order valence-corrected chi connectivity index (χ0v) is 24.0. The molecule has 7 nitrogen and oxygen atoms in total. The third-order valence-corrected chi connectivity index (χ3v) is 7.93. The second kappa shape index (κ2) is 11.7. The van der Waals surface area contributed by atoms with Crippen LogP contribution in [0.5, 0.6) is 5.75 Å². The number of aromatic nitrogens is 1. The highest BCUT2D eigenvalue weighted by atomic mass is 35.5. The van der Waals surface area contributed by atoms with E-state index in [0.717, 1.165) is 39.6 Å². The number of ether oxygens (including phenoxy) is 1. The lowest BCUT2D eigenvalue weighted by molar-refractivity contribution is -0.137. The van der Waals surface area contributed by atoms with Gasteiger partial charge in [-0.2, -0.15) is 13.2 Å². The highest BCUT2D eigenvalue weighted by Crippen LogP contribution is 2.36. The number of nitrogens with zero attached hydrogens (tertiary/aromatic N) is 2. The van der Waals surface area contributed by atoms with Crippen LogP contribution < -0.4 is 10.1 Å². The molecule has 0 unspecified atom stereocenters. The number of methoxy groups -OCH3 is 1. The summed E-state index contributed by atoms with van der Waals surface area (Å²) in [6.45, 7) is -0.275. The Kier molecular flexibility index (Phi) is 8.27. The zero-order chi connectivity index (χ0) is 30.2. The van der Waals surface area contributed by atoms with Crippen molar-refractivity contribution in [3.8, 4) is 5.75 Å². The van der Waals surface area contributed by atoms with Gasteiger partial charge in [-0.15, -0.1) is 0 Å². The van der Waals surface area contributed by atoms with Crippen LogP contribution in [0.1, 0.15) is 16.7 Å². The number of anilines is 1. The molecule has 5 rings (SSSR count). The number of halogens is 5. The summed E-state index contributed by atoms with van der Waals surface area (Å²) in [7, 11) is 1.24. The van der Waals surface area contributed by atoms with Gasteiger partial charge in [0.05, 0.1) is 23.3 Å². The molecular weight excluding hydrogens is 614 g/mol. The molecule has 1 fully saturated rings. The maximum Gasteiger partial charge on any atom is 0.416 e. The Morgan fingerprint density at radius 3 is 2.55 bits per heavy atom. The van der Waals surface area contributed by atoms with Crippen LogP contribution in [-0.2, 0) is 22.3 Å². The number of hydrogen-bond donors (Lipinski definition) is 1. The van der Waals surface area contributed by atoms with Crippen molar-refractivity contribution in [1.82, 2.24) is 9.47 Å². The fraction of sp³-hybridized carbons (Fsp3) is 0.138. The Labute approximate surface area is 251 Å². The lowest BCUT2D eigenvalue weighted by atomic mass is 10.1. The summed E-state index contributed by atoms with van der Waals surface area (Å²) in [5.74, 6) is -1.58. The molecule has 3 amide bonds. The number of para-hydroxylation sites is 1. The topological polar surface area (TPSA) is 80.6 Å². The normalized spacial score (nSPS) is 14.7. The number of hydrogen-bond acceptors (Lipinski definition) is 5. The van der Waals surface area contributed by atoms with Crippen molar-refractivity contribution >= 4 is 74.7 Å². The van der Waals surface area contributed by atoms with Gasteiger partial charge in [0.2, 0.25) is 5.91 Å². The van der Waals surface area contributed by atoms with Gasteiger partial charge < -0.3 is 14.6 Å². The Morgan fingerprint density at radius 1 is 1.07 bits per heavy atom. The van der Waals surface area contributed by atoms with Gasteiger partial charge in [-0.3, -0.25) is 19.3 Å². The molecule has 0 bridgehead atoms. The lowest BCUT2D eigenvalue weighted by Gasteiger charge is -2.16. The van der Waals surface area contributed by atoms with Crippen molar-refractivity contribution in [2.45, 2.75) is 12.7 Å². The van der Waals surface area contributed by atoms with E-state index in [1.54, 1.807) is 18.2 Å². The summed E-state index contributed by atoms with van der Waals surface area (Å²) < 4.78 is 46.5. The van der Waals surface area contributed by atoms with E-state index in [0.29, 0.717) is 33.9 Å². The number of carbonyl (C=O) groups is 3. The molecule has 0 saturated carbocycles. The van der Waals surface area contributed by atoms with E-state index in [2.05, 4.69) is 5.32 Å². The lowest BCUT2D eigenvalue weighted by Crippen LogP contribution is -2.36. The van der Waals surface area contributed by atoms with Gasteiger partial charge in [-0.1, -0.05) is 47.5 Å². The number of benzene rings is 3. The van der Waals surface area contributed by atoms with Crippen molar-refractivity contribution in [3.05, 3.63) is 98.5 Å². The molecule has 1 N–H and O–H groups in total. The van der Waals surface area contributed by atoms with Gasteiger partial charge in [0.15, 0.2) is 0 Å². The summed E-state index contributed by atoms with van der Waals surface area (Å²) in [5.41, 5.74) is 1.12. The summed E-state index contributed by atoms with van der Waals surface area (Å²) in [6, 6.07) is 15.3. The van der Waals surface area contributed by atoms with Crippen LogP contribution >= 0.6 is 35.0 Å². The second-order valence-electron chi connectivity index (χ2n) is 9.19. The van der Waals surface area contributed by atoms with Crippen LogP contribution in [0.3, 0.4) is 0 Å². The maximum atomic E-state index is 13.2. The summed E-state index contributed by atoms with van der Waals surface area (Å²) in [5, 5.41) is 3.46. The molecular formula is C29H20Cl2F3N3O4S. The van der Waals surface area contributed by atoms with E-state index in [9.17, 15) is 27.6 Å². The molecule has 0 spiro atoms. The standard InChI is InChI=1S/C29H20Cl2F3N3O4S/c1-41-24-9-7-18(29(32,33)34)11-22(24)35-26(38)15-37-27(39)25(42-28(37)40)10-17-14-36(23-5-3-2-4-20(17)23)13-16-6-8-19(30)12-21(16)31/h2-12,14H,13,15H2,1H3,(H,35,38)/b25-10-. The second-order valence-corrected chi connectivity index (χ2v) is 11.0. The van der Waals surface area contributed by atoms with Crippen LogP contribution in [-0.4, -0.2) is 40.2 Å². The monoisotopic (exact) mass is 633 g/mol.